The van der Waals surface area contributed by atoms with E-state index in [-0.39, 0.29) is 0 Å². The standard InChI is InChI=1S/C12H25NO/c1-3-13-11(2)7-6-10-14-12-8-4-5-9-12/h11-13H,3-10H2,1-2H3. The first-order valence-electron chi connectivity index (χ1n) is 6.18. The van der Waals surface area contributed by atoms with Gasteiger partial charge in [-0.25, -0.2) is 0 Å². The topological polar surface area (TPSA) is 21.3 Å². The average molecular weight is 199 g/mol. The number of nitrogens with one attached hydrogen (secondary N) is 1. The molecule has 1 fully saturated rings. The molecule has 14 heavy (non-hydrogen) atoms. The average Bonchev–Trinajstić information content (AvgIpc) is 2.65. The summed E-state index contributed by atoms with van der Waals surface area (Å²) in [6, 6.07) is 0.646. The summed E-state index contributed by atoms with van der Waals surface area (Å²) in [6.07, 6.45) is 8.36. The van der Waals surface area contributed by atoms with Crippen LogP contribution in [0, 0.1) is 0 Å². The van der Waals surface area contributed by atoms with E-state index in [0.717, 1.165) is 13.2 Å². The van der Waals surface area contributed by atoms with Gasteiger partial charge in [0, 0.05) is 12.6 Å². The number of rotatable bonds is 7. The van der Waals surface area contributed by atoms with E-state index < -0.39 is 0 Å². The van der Waals surface area contributed by atoms with Crippen molar-refractivity contribution >= 4 is 0 Å². The SMILES string of the molecule is CCNC(C)CCCOC1CCCC1. The first-order valence-corrected chi connectivity index (χ1v) is 6.18. The van der Waals surface area contributed by atoms with Crippen LogP contribution in [-0.4, -0.2) is 25.3 Å². The Morgan fingerprint density at radius 3 is 2.71 bits per heavy atom. The Hall–Kier alpha value is -0.0800. The van der Waals surface area contributed by atoms with Crippen molar-refractivity contribution in [2.24, 2.45) is 0 Å². The Balaban J connectivity index is 1.88. The zero-order chi connectivity index (χ0) is 10.2. The van der Waals surface area contributed by atoms with Gasteiger partial charge in [0.25, 0.3) is 0 Å². The molecule has 1 atom stereocenters. The molecule has 1 saturated carbocycles. The molecule has 0 heterocycles. The molecule has 0 radical (unpaired) electrons. The van der Waals surface area contributed by atoms with Crippen LogP contribution >= 0.6 is 0 Å². The molecule has 1 rings (SSSR count). The monoisotopic (exact) mass is 199 g/mol. The minimum absolute atomic E-state index is 0.587. The van der Waals surface area contributed by atoms with Gasteiger partial charge in [-0.05, 0) is 39.2 Å². The summed E-state index contributed by atoms with van der Waals surface area (Å²) in [4.78, 5) is 0. The van der Waals surface area contributed by atoms with Gasteiger partial charge in [-0.2, -0.15) is 0 Å². The van der Waals surface area contributed by atoms with Crippen molar-refractivity contribution in [1.82, 2.24) is 5.32 Å². The Bertz CT molecular complexity index is 132. The fraction of sp³-hybridized carbons (Fsp3) is 1.00. The van der Waals surface area contributed by atoms with Gasteiger partial charge in [0.2, 0.25) is 0 Å². The van der Waals surface area contributed by atoms with Crippen LogP contribution in [0.4, 0.5) is 0 Å². The van der Waals surface area contributed by atoms with Gasteiger partial charge in [0.1, 0.15) is 0 Å². The van der Waals surface area contributed by atoms with Crippen molar-refractivity contribution in [2.75, 3.05) is 13.2 Å². The van der Waals surface area contributed by atoms with E-state index in [1.165, 1.54) is 38.5 Å². The van der Waals surface area contributed by atoms with Crippen molar-refractivity contribution in [2.45, 2.75) is 64.5 Å². The van der Waals surface area contributed by atoms with Crippen LogP contribution in [0.15, 0.2) is 0 Å². The summed E-state index contributed by atoms with van der Waals surface area (Å²) in [6.45, 7) is 6.44. The third-order valence-electron chi connectivity index (χ3n) is 2.99. The third-order valence-corrected chi connectivity index (χ3v) is 2.99. The van der Waals surface area contributed by atoms with E-state index in [2.05, 4.69) is 19.2 Å². The predicted molar refractivity (Wildman–Crippen MR) is 60.6 cm³/mol. The molecule has 0 aromatic heterocycles. The Morgan fingerprint density at radius 2 is 2.07 bits per heavy atom. The van der Waals surface area contributed by atoms with Gasteiger partial charge < -0.3 is 10.1 Å². The van der Waals surface area contributed by atoms with Crippen molar-refractivity contribution in [3.8, 4) is 0 Å². The normalized spacial score (nSPS) is 20.1. The molecule has 0 amide bonds. The molecule has 2 heteroatoms. The first kappa shape index (κ1) is 12.0. The van der Waals surface area contributed by atoms with Crippen LogP contribution in [0.1, 0.15) is 52.4 Å². The Kier molecular flexibility index (Phi) is 6.20. The van der Waals surface area contributed by atoms with Crippen LogP contribution in [0.25, 0.3) is 0 Å². The van der Waals surface area contributed by atoms with E-state index in [1.807, 2.05) is 0 Å². The number of hydrogen-bond acceptors (Lipinski definition) is 2. The van der Waals surface area contributed by atoms with Gasteiger partial charge in [0.05, 0.1) is 6.10 Å². The van der Waals surface area contributed by atoms with E-state index in [1.54, 1.807) is 0 Å². The van der Waals surface area contributed by atoms with Gasteiger partial charge in [-0.1, -0.05) is 19.8 Å². The maximum Gasteiger partial charge on any atom is 0.0575 e. The maximum atomic E-state index is 5.80. The molecule has 84 valence electrons. The first-order chi connectivity index (χ1) is 6.83. The van der Waals surface area contributed by atoms with Crippen LogP contribution in [0.3, 0.4) is 0 Å². The maximum absolute atomic E-state index is 5.80. The van der Waals surface area contributed by atoms with Crippen molar-refractivity contribution in [3.05, 3.63) is 0 Å². The van der Waals surface area contributed by atoms with Crippen LogP contribution in [-0.2, 0) is 4.74 Å². The molecule has 0 aliphatic heterocycles. The highest BCUT2D eigenvalue weighted by atomic mass is 16.5. The summed E-state index contributed by atoms with van der Waals surface area (Å²) in [5.41, 5.74) is 0. The number of ether oxygens (including phenoxy) is 1. The minimum Gasteiger partial charge on any atom is -0.378 e. The third kappa shape index (κ3) is 4.97. The second-order valence-corrected chi connectivity index (χ2v) is 4.38. The van der Waals surface area contributed by atoms with Gasteiger partial charge >= 0.3 is 0 Å². The smallest absolute Gasteiger partial charge is 0.0575 e. The van der Waals surface area contributed by atoms with Crippen molar-refractivity contribution in [3.63, 3.8) is 0 Å². The summed E-state index contributed by atoms with van der Waals surface area (Å²) in [7, 11) is 0. The molecular formula is C12H25NO. The van der Waals surface area contributed by atoms with E-state index >= 15 is 0 Å². The van der Waals surface area contributed by atoms with Crippen LogP contribution in [0.5, 0.6) is 0 Å². The zero-order valence-electron chi connectivity index (χ0n) is 9.72. The lowest BCUT2D eigenvalue weighted by Gasteiger charge is -2.14. The molecule has 0 saturated heterocycles. The largest absolute Gasteiger partial charge is 0.378 e. The van der Waals surface area contributed by atoms with Gasteiger partial charge in [-0.3, -0.25) is 0 Å². The summed E-state index contributed by atoms with van der Waals surface area (Å²) in [5.74, 6) is 0. The highest BCUT2D eigenvalue weighted by Crippen LogP contribution is 2.21. The van der Waals surface area contributed by atoms with Crippen molar-refractivity contribution in [1.29, 1.82) is 0 Å². The quantitative estimate of drug-likeness (QED) is 0.637. The molecule has 1 N–H and O–H groups in total. The molecule has 2 nitrogen and oxygen atoms in total. The highest BCUT2D eigenvalue weighted by molar-refractivity contribution is 4.67. The second-order valence-electron chi connectivity index (χ2n) is 4.38. The van der Waals surface area contributed by atoms with E-state index in [0.29, 0.717) is 12.1 Å². The lowest BCUT2D eigenvalue weighted by Crippen LogP contribution is -2.25. The van der Waals surface area contributed by atoms with Gasteiger partial charge in [-0.15, -0.1) is 0 Å². The summed E-state index contributed by atoms with van der Waals surface area (Å²) >= 11 is 0. The molecule has 0 aromatic carbocycles. The van der Waals surface area contributed by atoms with Crippen molar-refractivity contribution < 1.29 is 4.74 Å². The zero-order valence-corrected chi connectivity index (χ0v) is 9.72. The summed E-state index contributed by atoms with van der Waals surface area (Å²) < 4.78 is 5.80. The molecule has 1 aliphatic rings. The number of hydrogen-bond donors (Lipinski definition) is 1. The highest BCUT2D eigenvalue weighted by Gasteiger charge is 2.14. The Morgan fingerprint density at radius 1 is 1.36 bits per heavy atom. The predicted octanol–water partition coefficient (Wildman–Crippen LogP) is 2.72. The second kappa shape index (κ2) is 7.24. The molecule has 1 unspecified atom stereocenters. The molecule has 0 aromatic rings. The molecule has 0 bridgehead atoms. The van der Waals surface area contributed by atoms with E-state index in [4.69, 9.17) is 4.74 Å². The van der Waals surface area contributed by atoms with E-state index in [9.17, 15) is 0 Å². The lowest BCUT2D eigenvalue weighted by atomic mass is 10.2. The molecular weight excluding hydrogens is 174 g/mol. The van der Waals surface area contributed by atoms with Crippen LogP contribution in [0.2, 0.25) is 0 Å². The van der Waals surface area contributed by atoms with Crippen LogP contribution < -0.4 is 5.32 Å². The fourth-order valence-corrected chi connectivity index (χ4v) is 2.15. The fourth-order valence-electron chi connectivity index (χ4n) is 2.15. The Labute approximate surface area is 88.4 Å². The van der Waals surface area contributed by atoms with Gasteiger partial charge in [0.15, 0.2) is 0 Å². The minimum atomic E-state index is 0.587. The summed E-state index contributed by atoms with van der Waals surface area (Å²) in [5, 5.41) is 3.42. The lowest BCUT2D eigenvalue weighted by molar-refractivity contribution is 0.0549. The molecule has 1 aliphatic carbocycles. The molecule has 0 spiro atoms.